The van der Waals surface area contributed by atoms with Crippen molar-refractivity contribution in [1.82, 2.24) is 9.80 Å². The monoisotopic (exact) mass is 393 g/mol. The number of anilines is 1. The van der Waals surface area contributed by atoms with Crippen LogP contribution in [-0.4, -0.2) is 52.7 Å². The average molecular weight is 393 g/mol. The minimum atomic E-state index is 0.0307. The zero-order valence-corrected chi connectivity index (χ0v) is 16.6. The number of piperazine rings is 1. The normalized spacial score (nSPS) is 28.1. The highest BCUT2D eigenvalue weighted by atomic mass is 16.2. The Labute approximate surface area is 170 Å². The lowest BCUT2D eigenvalue weighted by molar-refractivity contribution is -0.145. The summed E-state index contributed by atoms with van der Waals surface area (Å²) >= 11 is 0. The maximum atomic E-state index is 13.2. The van der Waals surface area contributed by atoms with Crippen LogP contribution in [0.25, 0.3) is 0 Å². The standard InChI is InChI=1S/C23H27N3O3/c27-21-11-7-16-12-17(6-10-20(16)24-21)23(29)26-14-18-8-9-19(26)13-25(18)22(28)15-4-2-1-3-5-15/h1-2,6,10,12,15,18-19H,3-5,7-9,11,13-14H2,(H,24,27)/t15-,18?,19?/m1/s1. The summed E-state index contributed by atoms with van der Waals surface area (Å²) in [7, 11) is 0. The van der Waals surface area contributed by atoms with Gasteiger partial charge in [0.2, 0.25) is 11.8 Å². The zero-order chi connectivity index (χ0) is 20.0. The third kappa shape index (κ3) is 3.34. The molecule has 3 amide bonds. The van der Waals surface area contributed by atoms with Crippen molar-refractivity contribution >= 4 is 23.4 Å². The SMILES string of the molecule is O=C1CCc2cc(C(=O)N3CC4CCC3CN4C(=O)[C@@H]3CC=CCC3)ccc2N1. The van der Waals surface area contributed by atoms with Gasteiger partial charge in [0.1, 0.15) is 0 Å². The van der Waals surface area contributed by atoms with Crippen LogP contribution in [-0.2, 0) is 16.0 Å². The second kappa shape index (κ2) is 7.32. The van der Waals surface area contributed by atoms with Gasteiger partial charge in [0.25, 0.3) is 5.91 Å². The molecule has 6 heteroatoms. The predicted molar refractivity (Wildman–Crippen MR) is 109 cm³/mol. The lowest BCUT2D eigenvalue weighted by Gasteiger charge is -2.52. The first-order valence-corrected chi connectivity index (χ1v) is 10.8. The molecule has 3 fully saturated rings. The van der Waals surface area contributed by atoms with E-state index in [1.807, 2.05) is 23.1 Å². The van der Waals surface area contributed by atoms with E-state index < -0.39 is 0 Å². The Kier molecular flexibility index (Phi) is 4.64. The first kappa shape index (κ1) is 18.4. The maximum Gasteiger partial charge on any atom is 0.254 e. The van der Waals surface area contributed by atoms with Crippen molar-refractivity contribution in [1.29, 1.82) is 0 Å². The van der Waals surface area contributed by atoms with E-state index in [1.54, 1.807) is 0 Å². The Balaban J connectivity index is 1.30. The minimum Gasteiger partial charge on any atom is -0.336 e. The number of fused-ring (bicyclic) bond motifs is 4. The Morgan fingerprint density at radius 1 is 0.966 bits per heavy atom. The largest absolute Gasteiger partial charge is 0.336 e. The molecule has 6 rings (SSSR count). The van der Waals surface area contributed by atoms with E-state index in [-0.39, 0.29) is 35.7 Å². The molecule has 3 atom stereocenters. The summed E-state index contributed by atoms with van der Waals surface area (Å²) < 4.78 is 0. The van der Waals surface area contributed by atoms with E-state index in [9.17, 15) is 14.4 Å². The number of carbonyl (C=O) groups is 3. The molecule has 1 N–H and O–H groups in total. The maximum absolute atomic E-state index is 13.2. The van der Waals surface area contributed by atoms with Gasteiger partial charge in [-0.1, -0.05) is 12.2 Å². The van der Waals surface area contributed by atoms with Crippen LogP contribution < -0.4 is 5.32 Å². The van der Waals surface area contributed by atoms with Gasteiger partial charge >= 0.3 is 0 Å². The van der Waals surface area contributed by atoms with Gasteiger partial charge in [-0.05, 0) is 62.3 Å². The molecule has 1 aliphatic carbocycles. The molecule has 1 aromatic rings. The van der Waals surface area contributed by atoms with E-state index in [2.05, 4.69) is 22.4 Å². The van der Waals surface area contributed by atoms with Crippen LogP contribution in [0.2, 0.25) is 0 Å². The summed E-state index contributed by atoms with van der Waals surface area (Å²) in [6, 6.07) is 5.82. The lowest BCUT2D eigenvalue weighted by atomic mass is 9.86. The van der Waals surface area contributed by atoms with Gasteiger partial charge in [-0.2, -0.15) is 0 Å². The molecule has 2 bridgehead atoms. The van der Waals surface area contributed by atoms with Gasteiger partial charge in [-0.25, -0.2) is 0 Å². The van der Waals surface area contributed by atoms with Crippen molar-refractivity contribution in [3.05, 3.63) is 41.5 Å². The van der Waals surface area contributed by atoms with Gasteiger partial charge < -0.3 is 15.1 Å². The molecule has 5 aliphatic rings. The Morgan fingerprint density at radius 2 is 1.76 bits per heavy atom. The molecule has 0 aromatic heterocycles. The quantitative estimate of drug-likeness (QED) is 0.786. The second-order valence-corrected chi connectivity index (χ2v) is 8.73. The fourth-order valence-electron chi connectivity index (χ4n) is 5.28. The average Bonchev–Trinajstić information content (AvgIpc) is 2.78. The van der Waals surface area contributed by atoms with Crippen LogP contribution >= 0.6 is 0 Å². The third-order valence-electron chi connectivity index (χ3n) is 6.94. The first-order valence-electron chi connectivity index (χ1n) is 10.8. The van der Waals surface area contributed by atoms with Gasteiger partial charge in [-0.15, -0.1) is 0 Å². The third-order valence-corrected chi connectivity index (χ3v) is 6.94. The van der Waals surface area contributed by atoms with Crippen molar-refractivity contribution in [3.63, 3.8) is 0 Å². The Bertz CT molecular complexity index is 893. The van der Waals surface area contributed by atoms with Crippen LogP contribution in [0.1, 0.15) is 54.4 Å². The molecular weight excluding hydrogens is 366 g/mol. The predicted octanol–water partition coefficient (Wildman–Crippen LogP) is 2.74. The number of piperidine rings is 2. The Morgan fingerprint density at radius 3 is 2.48 bits per heavy atom. The van der Waals surface area contributed by atoms with Gasteiger partial charge in [0.15, 0.2) is 0 Å². The minimum absolute atomic E-state index is 0.0307. The molecule has 152 valence electrons. The molecule has 29 heavy (non-hydrogen) atoms. The van der Waals surface area contributed by atoms with E-state index in [0.717, 1.165) is 43.4 Å². The van der Waals surface area contributed by atoms with E-state index in [0.29, 0.717) is 31.5 Å². The molecule has 3 saturated heterocycles. The number of hydrogen-bond acceptors (Lipinski definition) is 3. The molecular formula is C23H27N3O3. The molecule has 1 aromatic carbocycles. The highest BCUT2D eigenvalue weighted by Crippen LogP contribution is 2.33. The molecule has 0 spiro atoms. The van der Waals surface area contributed by atoms with Crippen molar-refractivity contribution in [3.8, 4) is 0 Å². The highest BCUT2D eigenvalue weighted by Gasteiger charge is 2.44. The number of rotatable bonds is 2. The fourth-order valence-corrected chi connectivity index (χ4v) is 5.28. The number of aryl methyl sites for hydroxylation is 1. The molecule has 0 saturated carbocycles. The topological polar surface area (TPSA) is 69.7 Å². The van der Waals surface area contributed by atoms with E-state index in [1.165, 1.54) is 0 Å². The van der Waals surface area contributed by atoms with Crippen molar-refractivity contribution in [2.45, 2.75) is 57.0 Å². The van der Waals surface area contributed by atoms with Crippen LogP contribution in [0.5, 0.6) is 0 Å². The number of nitrogens with one attached hydrogen (secondary N) is 1. The number of nitrogens with zero attached hydrogens (tertiary/aromatic N) is 2. The van der Waals surface area contributed by atoms with Crippen LogP contribution in [0.15, 0.2) is 30.4 Å². The summed E-state index contributed by atoms with van der Waals surface area (Å²) in [4.78, 5) is 41.9. The van der Waals surface area contributed by atoms with Gasteiger partial charge in [0, 0.05) is 48.8 Å². The summed E-state index contributed by atoms with van der Waals surface area (Å²) in [6.07, 6.45) is 10.2. The molecule has 2 unspecified atom stereocenters. The summed E-state index contributed by atoms with van der Waals surface area (Å²) in [5.74, 6) is 0.468. The molecule has 4 heterocycles. The lowest BCUT2D eigenvalue weighted by Crippen LogP contribution is -2.65. The highest BCUT2D eigenvalue weighted by molar-refractivity contribution is 5.98. The van der Waals surface area contributed by atoms with Crippen molar-refractivity contribution in [2.24, 2.45) is 5.92 Å². The number of benzene rings is 1. The van der Waals surface area contributed by atoms with Crippen LogP contribution in [0.3, 0.4) is 0 Å². The summed E-state index contributed by atoms with van der Waals surface area (Å²) in [5, 5.41) is 2.87. The van der Waals surface area contributed by atoms with Crippen LogP contribution in [0.4, 0.5) is 5.69 Å². The number of allylic oxidation sites excluding steroid dienone is 2. The molecule has 4 aliphatic heterocycles. The van der Waals surface area contributed by atoms with Crippen molar-refractivity contribution < 1.29 is 14.4 Å². The zero-order valence-electron chi connectivity index (χ0n) is 16.6. The van der Waals surface area contributed by atoms with Gasteiger partial charge in [0.05, 0.1) is 0 Å². The molecule has 0 radical (unpaired) electrons. The van der Waals surface area contributed by atoms with Gasteiger partial charge in [-0.3, -0.25) is 14.4 Å². The summed E-state index contributed by atoms with van der Waals surface area (Å²) in [6.45, 7) is 1.29. The smallest absolute Gasteiger partial charge is 0.254 e. The number of amides is 3. The van der Waals surface area contributed by atoms with Crippen LogP contribution in [0, 0.1) is 5.92 Å². The molecule has 6 nitrogen and oxygen atoms in total. The fraction of sp³-hybridized carbons (Fsp3) is 0.522. The van der Waals surface area contributed by atoms with E-state index >= 15 is 0 Å². The number of hydrogen-bond donors (Lipinski definition) is 1. The first-order chi connectivity index (χ1) is 14.1. The van der Waals surface area contributed by atoms with E-state index in [4.69, 9.17) is 0 Å². The second-order valence-electron chi connectivity index (χ2n) is 8.73. The summed E-state index contributed by atoms with van der Waals surface area (Å²) in [5.41, 5.74) is 2.53. The van der Waals surface area contributed by atoms with Crippen molar-refractivity contribution in [2.75, 3.05) is 18.4 Å². The number of carbonyl (C=O) groups excluding carboxylic acids is 3. The Hall–Kier alpha value is -2.63.